The Morgan fingerprint density at radius 1 is 1.19 bits per heavy atom. The van der Waals surface area contributed by atoms with Gasteiger partial charge in [-0.2, -0.15) is 0 Å². The highest BCUT2D eigenvalue weighted by atomic mass is 32.1. The topological polar surface area (TPSA) is 105 Å². The minimum atomic E-state index is -0.351. The molecule has 9 heteroatoms. The maximum atomic E-state index is 12.7. The number of rotatable bonds is 3. The molecule has 26 heavy (non-hydrogen) atoms. The predicted octanol–water partition coefficient (Wildman–Crippen LogP) is 2.31. The van der Waals surface area contributed by atoms with E-state index in [0.717, 1.165) is 0 Å². The first-order valence-corrected chi connectivity index (χ1v) is 8.57. The second kappa shape index (κ2) is 6.96. The van der Waals surface area contributed by atoms with Crippen molar-refractivity contribution in [2.45, 2.75) is 6.92 Å². The van der Waals surface area contributed by atoms with Crippen molar-refractivity contribution < 1.29 is 9.59 Å². The summed E-state index contributed by atoms with van der Waals surface area (Å²) in [5, 5.41) is 8.34. The highest BCUT2D eigenvalue weighted by molar-refractivity contribution is 7.20. The van der Waals surface area contributed by atoms with Crippen molar-refractivity contribution in [3.63, 3.8) is 0 Å². The van der Waals surface area contributed by atoms with Crippen molar-refractivity contribution in [3.05, 3.63) is 51.4 Å². The number of thiophene rings is 1. The SMILES string of the molecule is CNC(=O)Nc1cccc(NC(=O)c2sc3ncn(C)c(=O)c3c2C)c1. The molecule has 0 radical (unpaired) electrons. The first-order chi connectivity index (χ1) is 12.4. The molecule has 0 fully saturated rings. The highest BCUT2D eigenvalue weighted by Crippen LogP contribution is 2.27. The van der Waals surface area contributed by atoms with Crippen LogP contribution in [0, 0.1) is 6.92 Å². The molecule has 2 aromatic heterocycles. The number of aromatic nitrogens is 2. The molecule has 3 aromatic rings. The van der Waals surface area contributed by atoms with Gasteiger partial charge >= 0.3 is 6.03 Å². The highest BCUT2D eigenvalue weighted by Gasteiger charge is 2.19. The van der Waals surface area contributed by atoms with Gasteiger partial charge in [-0.25, -0.2) is 9.78 Å². The zero-order chi connectivity index (χ0) is 18.8. The summed E-state index contributed by atoms with van der Waals surface area (Å²) in [6.45, 7) is 1.74. The number of hydrogen-bond donors (Lipinski definition) is 3. The lowest BCUT2D eigenvalue weighted by atomic mass is 10.2. The van der Waals surface area contributed by atoms with Crippen LogP contribution in [0.15, 0.2) is 35.4 Å². The van der Waals surface area contributed by atoms with Crippen LogP contribution in [0.4, 0.5) is 16.2 Å². The van der Waals surface area contributed by atoms with Gasteiger partial charge in [0.05, 0.1) is 16.6 Å². The van der Waals surface area contributed by atoms with Gasteiger partial charge in [0.15, 0.2) is 0 Å². The van der Waals surface area contributed by atoms with E-state index in [4.69, 9.17) is 0 Å². The molecule has 0 aliphatic heterocycles. The molecule has 0 aliphatic rings. The smallest absolute Gasteiger partial charge is 0.318 e. The predicted molar refractivity (Wildman–Crippen MR) is 102 cm³/mol. The van der Waals surface area contributed by atoms with Crippen LogP contribution in [-0.2, 0) is 7.05 Å². The van der Waals surface area contributed by atoms with Crippen LogP contribution < -0.4 is 21.5 Å². The first kappa shape index (κ1) is 17.6. The second-order valence-electron chi connectivity index (χ2n) is 5.64. The molecule has 1 aromatic carbocycles. The molecule has 8 nitrogen and oxygen atoms in total. The summed E-state index contributed by atoms with van der Waals surface area (Å²) in [4.78, 5) is 41.5. The molecular formula is C17H17N5O3S. The van der Waals surface area contributed by atoms with Crippen molar-refractivity contribution in [2.75, 3.05) is 17.7 Å². The Balaban J connectivity index is 1.89. The molecule has 134 valence electrons. The zero-order valence-electron chi connectivity index (χ0n) is 14.4. The van der Waals surface area contributed by atoms with Gasteiger partial charge < -0.3 is 20.5 Å². The van der Waals surface area contributed by atoms with E-state index in [-0.39, 0.29) is 17.5 Å². The maximum absolute atomic E-state index is 12.7. The number of fused-ring (bicyclic) bond motifs is 1. The molecule has 0 atom stereocenters. The fourth-order valence-electron chi connectivity index (χ4n) is 2.48. The minimum Gasteiger partial charge on any atom is -0.341 e. The molecule has 0 aliphatic carbocycles. The molecule has 0 saturated heterocycles. The number of aryl methyl sites for hydroxylation is 2. The Kier molecular flexibility index (Phi) is 4.72. The van der Waals surface area contributed by atoms with E-state index in [2.05, 4.69) is 20.9 Å². The Labute approximate surface area is 152 Å². The molecule has 0 unspecified atom stereocenters. The number of amides is 3. The quantitative estimate of drug-likeness (QED) is 0.657. The van der Waals surface area contributed by atoms with Gasteiger partial charge in [-0.3, -0.25) is 9.59 Å². The summed E-state index contributed by atoms with van der Waals surface area (Å²) in [7, 11) is 3.14. The number of hydrogen-bond acceptors (Lipinski definition) is 5. The lowest BCUT2D eigenvalue weighted by molar-refractivity contribution is 0.103. The average Bonchev–Trinajstić information content (AvgIpc) is 2.96. The minimum absolute atomic E-state index is 0.181. The number of anilines is 2. The van der Waals surface area contributed by atoms with Gasteiger partial charge in [-0.05, 0) is 30.7 Å². The largest absolute Gasteiger partial charge is 0.341 e. The van der Waals surface area contributed by atoms with E-state index in [1.165, 1.54) is 29.3 Å². The number of carbonyl (C=O) groups excluding carboxylic acids is 2. The summed E-state index contributed by atoms with van der Waals surface area (Å²) >= 11 is 1.18. The van der Waals surface area contributed by atoms with E-state index >= 15 is 0 Å². The van der Waals surface area contributed by atoms with Crippen molar-refractivity contribution in [1.29, 1.82) is 0 Å². The van der Waals surface area contributed by atoms with E-state index in [0.29, 0.717) is 32.0 Å². The van der Waals surface area contributed by atoms with Gasteiger partial charge in [0.25, 0.3) is 11.5 Å². The number of benzene rings is 1. The molecule has 3 rings (SSSR count). The third-order valence-electron chi connectivity index (χ3n) is 3.82. The van der Waals surface area contributed by atoms with Gasteiger partial charge in [0.2, 0.25) is 0 Å². The Morgan fingerprint density at radius 3 is 2.58 bits per heavy atom. The van der Waals surface area contributed by atoms with E-state index in [1.54, 1.807) is 38.2 Å². The van der Waals surface area contributed by atoms with Crippen LogP contribution in [0.25, 0.3) is 10.2 Å². The summed E-state index contributed by atoms with van der Waals surface area (Å²) in [5.74, 6) is -0.329. The summed E-state index contributed by atoms with van der Waals surface area (Å²) in [6, 6.07) is 6.44. The summed E-state index contributed by atoms with van der Waals surface area (Å²) < 4.78 is 1.39. The van der Waals surface area contributed by atoms with Crippen molar-refractivity contribution in [3.8, 4) is 0 Å². The van der Waals surface area contributed by atoms with Crippen LogP contribution in [0.5, 0.6) is 0 Å². The fourth-order valence-corrected chi connectivity index (χ4v) is 3.52. The van der Waals surface area contributed by atoms with E-state index in [9.17, 15) is 14.4 Å². The zero-order valence-corrected chi connectivity index (χ0v) is 15.2. The van der Waals surface area contributed by atoms with Crippen LogP contribution in [0.2, 0.25) is 0 Å². The lowest BCUT2D eigenvalue weighted by Gasteiger charge is -2.08. The van der Waals surface area contributed by atoms with Gasteiger partial charge in [0, 0.05) is 25.5 Å². The van der Waals surface area contributed by atoms with Gasteiger partial charge in [0.1, 0.15) is 4.83 Å². The normalized spacial score (nSPS) is 10.6. The molecular weight excluding hydrogens is 354 g/mol. The Hall–Kier alpha value is -3.20. The third-order valence-corrected chi connectivity index (χ3v) is 5.02. The molecule has 2 heterocycles. The monoisotopic (exact) mass is 371 g/mol. The molecule has 3 amide bonds. The Bertz CT molecular complexity index is 1070. The second-order valence-corrected chi connectivity index (χ2v) is 6.64. The average molecular weight is 371 g/mol. The maximum Gasteiger partial charge on any atom is 0.318 e. The van der Waals surface area contributed by atoms with Gasteiger partial charge in [-0.1, -0.05) is 6.07 Å². The summed E-state index contributed by atoms with van der Waals surface area (Å²) in [5.41, 5.74) is 1.50. The fraction of sp³-hybridized carbons (Fsp3) is 0.176. The molecule has 0 bridgehead atoms. The number of nitrogens with one attached hydrogen (secondary N) is 3. The number of carbonyl (C=O) groups is 2. The molecule has 0 saturated carbocycles. The van der Waals surface area contributed by atoms with Crippen LogP contribution in [-0.4, -0.2) is 28.5 Å². The van der Waals surface area contributed by atoms with Crippen molar-refractivity contribution in [1.82, 2.24) is 14.9 Å². The van der Waals surface area contributed by atoms with Gasteiger partial charge in [-0.15, -0.1) is 11.3 Å². The van der Waals surface area contributed by atoms with Crippen LogP contribution >= 0.6 is 11.3 Å². The summed E-state index contributed by atoms with van der Waals surface area (Å²) in [6.07, 6.45) is 1.44. The standard InChI is InChI=1S/C17H17N5O3S/c1-9-12-15(19-8-22(3)16(12)24)26-13(9)14(23)20-10-5-4-6-11(7-10)21-17(25)18-2/h4-8H,1-3H3,(H,20,23)(H2,18,21,25). The number of urea groups is 1. The van der Waals surface area contributed by atoms with Crippen LogP contribution in [0.3, 0.4) is 0 Å². The van der Waals surface area contributed by atoms with Crippen molar-refractivity contribution >= 4 is 44.9 Å². The van der Waals surface area contributed by atoms with Crippen molar-refractivity contribution in [2.24, 2.45) is 7.05 Å². The van der Waals surface area contributed by atoms with E-state index in [1.807, 2.05) is 0 Å². The molecule has 0 spiro atoms. The Morgan fingerprint density at radius 2 is 1.88 bits per heavy atom. The number of nitrogens with zero attached hydrogens (tertiary/aromatic N) is 2. The first-order valence-electron chi connectivity index (χ1n) is 7.75. The third kappa shape index (κ3) is 3.29. The molecule has 3 N–H and O–H groups in total. The van der Waals surface area contributed by atoms with E-state index < -0.39 is 0 Å². The lowest BCUT2D eigenvalue weighted by Crippen LogP contribution is -2.24. The van der Waals surface area contributed by atoms with Crippen LogP contribution in [0.1, 0.15) is 15.2 Å².